The summed E-state index contributed by atoms with van der Waals surface area (Å²) in [6.07, 6.45) is -3.39. The molecule has 5 nitrogen and oxygen atoms in total. The van der Waals surface area contributed by atoms with Gasteiger partial charge in [-0.05, 0) is 37.1 Å². The number of nitrogens with zero attached hydrogens (tertiary/aromatic N) is 1. The van der Waals surface area contributed by atoms with Crippen LogP contribution in [0.2, 0.25) is 0 Å². The average molecular weight is 361 g/mol. The zero-order valence-electron chi connectivity index (χ0n) is 11.4. The molecule has 1 atom stereocenters. The van der Waals surface area contributed by atoms with Crippen molar-refractivity contribution in [2.45, 2.75) is 30.1 Å². The van der Waals surface area contributed by atoms with Crippen LogP contribution in [0.15, 0.2) is 29.2 Å². The van der Waals surface area contributed by atoms with Crippen molar-refractivity contribution >= 4 is 22.4 Å². The number of hydrogen-bond donors (Lipinski definition) is 1. The molecule has 1 aliphatic rings. The summed E-state index contributed by atoms with van der Waals surface area (Å²) in [5.41, 5.74) is 5.74. The van der Waals surface area contributed by atoms with Crippen molar-refractivity contribution in [3.05, 3.63) is 24.3 Å². The molecule has 0 saturated carbocycles. The highest BCUT2D eigenvalue weighted by molar-refractivity contribution is 7.89. The zero-order valence-corrected chi connectivity index (χ0v) is 13.0. The van der Waals surface area contributed by atoms with Crippen LogP contribution in [0.5, 0.6) is 5.75 Å². The first-order valence-corrected chi connectivity index (χ1v) is 7.74. The van der Waals surface area contributed by atoms with Gasteiger partial charge in [-0.25, -0.2) is 8.42 Å². The van der Waals surface area contributed by atoms with Crippen molar-refractivity contribution in [2.75, 3.05) is 13.1 Å². The topological polar surface area (TPSA) is 72.6 Å². The number of ether oxygens (including phenoxy) is 1. The Bertz CT molecular complexity index is 593. The first-order chi connectivity index (χ1) is 9.68. The standard InChI is InChI=1S/C12H15F3N2O3S.ClH/c13-12(14,15)20-10-3-5-11(6-4-10)21(18,19)17-7-1-2-9(16)8-17;/h3-6,9H,1-2,7-8,16H2;1H. The van der Waals surface area contributed by atoms with Gasteiger partial charge in [-0.3, -0.25) is 0 Å². The highest BCUT2D eigenvalue weighted by Crippen LogP contribution is 2.26. The normalized spacial score (nSPS) is 20.3. The molecule has 1 fully saturated rings. The van der Waals surface area contributed by atoms with Crippen molar-refractivity contribution in [3.63, 3.8) is 0 Å². The third-order valence-electron chi connectivity index (χ3n) is 3.12. The number of nitrogens with two attached hydrogens (primary N) is 1. The molecule has 0 aliphatic carbocycles. The maximum atomic E-state index is 12.3. The molecule has 22 heavy (non-hydrogen) atoms. The number of benzene rings is 1. The minimum absolute atomic E-state index is 0. The summed E-state index contributed by atoms with van der Waals surface area (Å²) in [5.74, 6) is -0.461. The van der Waals surface area contributed by atoms with E-state index in [-0.39, 0.29) is 29.9 Å². The summed E-state index contributed by atoms with van der Waals surface area (Å²) in [6, 6.07) is 3.92. The molecule has 1 saturated heterocycles. The second-order valence-electron chi connectivity index (χ2n) is 4.78. The summed E-state index contributed by atoms with van der Waals surface area (Å²) in [7, 11) is -3.74. The first-order valence-electron chi connectivity index (χ1n) is 6.30. The van der Waals surface area contributed by atoms with E-state index in [2.05, 4.69) is 4.74 Å². The molecule has 1 unspecified atom stereocenters. The Kier molecular flexibility index (Phi) is 6.08. The molecule has 1 aliphatic heterocycles. The Morgan fingerprint density at radius 1 is 1.23 bits per heavy atom. The van der Waals surface area contributed by atoms with Crippen LogP contribution >= 0.6 is 12.4 Å². The molecule has 0 bridgehead atoms. The van der Waals surface area contributed by atoms with E-state index in [0.29, 0.717) is 13.0 Å². The Morgan fingerprint density at radius 2 is 1.82 bits per heavy atom. The highest BCUT2D eigenvalue weighted by Gasteiger charge is 2.32. The molecule has 1 aromatic rings. The van der Waals surface area contributed by atoms with Crippen LogP contribution in [-0.2, 0) is 10.0 Å². The van der Waals surface area contributed by atoms with Gasteiger partial charge in [-0.1, -0.05) is 0 Å². The van der Waals surface area contributed by atoms with Crippen LogP contribution in [0.4, 0.5) is 13.2 Å². The van der Waals surface area contributed by atoms with Crippen molar-refractivity contribution < 1.29 is 26.3 Å². The summed E-state index contributed by atoms with van der Waals surface area (Å²) in [6.45, 7) is 0.569. The van der Waals surface area contributed by atoms with E-state index in [1.807, 2.05) is 0 Å². The van der Waals surface area contributed by atoms with Gasteiger partial charge in [0.2, 0.25) is 10.0 Å². The van der Waals surface area contributed by atoms with Crippen LogP contribution < -0.4 is 10.5 Å². The molecule has 1 aromatic carbocycles. The van der Waals surface area contributed by atoms with Crippen molar-refractivity contribution in [1.29, 1.82) is 0 Å². The third kappa shape index (κ3) is 4.73. The quantitative estimate of drug-likeness (QED) is 0.896. The fraction of sp³-hybridized carbons (Fsp3) is 0.500. The Morgan fingerprint density at radius 3 is 2.32 bits per heavy atom. The minimum atomic E-state index is -4.81. The number of halogens is 4. The van der Waals surface area contributed by atoms with Gasteiger partial charge in [0.15, 0.2) is 0 Å². The largest absolute Gasteiger partial charge is 0.573 e. The third-order valence-corrected chi connectivity index (χ3v) is 5.00. The van der Waals surface area contributed by atoms with Crippen LogP contribution in [-0.4, -0.2) is 38.2 Å². The van der Waals surface area contributed by atoms with Gasteiger partial charge in [0, 0.05) is 19.1 Å². The molecular weight excluding hydrogens is 345 g/mol. The van der Waals surface area contributed by atoms with Crippen molar-refractivity contribution in [1.82, 2.24) is 4.31 Å². The lowest BCUT2D eigenvalue weighted by atomic mass is 10.1. The second kappa shape index (κ2) is 7.03. The van der Waals surface area contributed by atoms with E-state index in [0.717, 1.165) is 30.7 Å². The monoisotopic (exact) mass is 360 g/mol. The summed E-state index contributed by atoms with van der Waals surface area (Å²) in [5, 5.41) is 0. The fourth-order valence-corrected chi connectivity index (χ4v) is 3.69. The average Bonchev–Trinajstić information content (AvgIpc) is 2.37. The van der Waals surface area contributed by atoms with Crippen LogP contribution in [0.25, 0.3) is 0 Å². The SMILES string of the molecule is Cl.NC1CCCN(S(=O)(=O)c2ccc(OC(F)(F)F)cc2)C1. The van der Waals surface area contributed by atoms with Crippen molar-refractivity contribution in [3.8, 4) is 5.75 Å². The van der Waals surface area contributed by atoms with E-state index >= 15 is 0 Å². The number of alkyl halides is 3. The molecule has 0 radical (unpaired) electrons. The van der Waals surface area contributed by atoms with Gasteiger partial charge in [0.25, 0.3) is 0 Å². The Labute approximate surface area is 132 Å². The first kappa shape index (κ1) is 19.0. The lowest BCUT2D eigenvalue weighted by Gasteiger charge is -2.29. The van der Waals surface area contributed by atoms with Crippen LogP contribution in [0.1, 0.15) is 12.8 Å². The highest BCUT2D eigenvalue weighted by atomic mass is 35.5. The van der Waals surface area contributed by atoms with E-state index < -0.39 is 22.1 Å². The van der Waals surface area contributed by atoms with Gasteiger partial charge in [0.1, 0.15) is 5.75 Å². The number of hydrogen-bond acceptors (Lipinski definition) is 4. The number of rotatable bonds is 3. The van der Waals surface area contributed by atoms with E-state index in [9.17, 15) is 21.6 Å². The smallest absolute Gasteiger partial charge is 0.406 e. The molecular formula is C12H16ClF3N2O3S. The number of piperidine rings is 1. The summed E-state index contributed by atoms with van der Waals surface area (Å²) < 4.78 is 65.8. The molecule has 0 aromatic heterocycles. The van der Waals surface area contributed by atoms with E-state index in [4.69, 9.17) is 5.73 Å². The maximum absolute atomic E-state index is 12.3. The molecule has 10 heteroatoms. The van der Waals surface area contributed by atoms with Gasteiger partial charge in [-0.15, -0.1) is 25.6 Å². The van der Waals surface area contributed by atoms with Crippen molar-refractivity contribution in [2.24, 2.45) is 5.73 Å². The molecule has 2 N–H and O–H groups in total. The fourth-order valence-electron chi connectivity index (χ4n) is 2.15. The van der Waals surface area contributed by atoms with Crippen LogP contribution in [0, 0.1) is 0 Å². The lowest BCUT2D eigenvalue weighted by Crippen LogP contribution is -2.45. The predicted molar refractivity (Wildman–Crippen MR) is 76.3 cm³/mol. The minimum Gasteiger partial charge on any atom is -0.406 e. The summed E-state index contributed by atoms with van der Waals surface area (Å²) >= 11 is 0. The molecule has 2 rings (SSSR count). The molecule has 126 valence electrons. The Hall–Kier alpha value is -1.03. The Balaban J connectivity index is 0.00000242. The van der Waals surface area contributed by atoms with E-state index in [1.54, 1.807) is 0 Å². The van der Waals surface area contributed by atoms with E-state index in [1.165, 1.54) is 4.31 Å². The molecule has 0 amide bonds. The van der Waals surface area contributed by atoms with Gasteiger partial charge in [0.05, 0.1) is 4.90 Å². The van der Waals surface area contributed by atoms with Crippen LogP contribution in [0.3, 0.4) is 0 Å². The predicted octanol–water partition coefficient (Wildman–Crippen LogP) is 2.12. The molecule has 0 spiro atoms. The second-order valence-corrected chi connectivity index (χ2v) is 6.72. The van der Waals surface area contributed by atoms with Gasteiger partial charge in [-0.2, -0.15) is 4.31 Å². The van der Waals surface area contributed by atoms with Gasteiger partial charge < -0.3 is 10.5 Å². The maximum Gasteiger partial charge on any atom is 0.573 e. The number of sulfonamides is 1. The summed E-state index contributed by atoms with van der Waals surface area (Å²) in [4.78, 5) is -0.0777. The van der Waals surface area contributed by atoms with Gasteiger partial charge >= 0.3 is 6.36 Å². The molecule has 1 heterocycles. The zero-order chi connectivity index (χ0) is 15.7. The lowest BCUT2D eigenvalue weighted by molar-refractivity contribution is -0.274.